The van der Waals surface area contributed by atoms with Gasteiger partial charge in [0, 0.05) is 32.5 Å². The van der Waals surface area contributed by atoms with Gasteiger partial charge in [-0.1, -0.05) is 51.1 Å². The van der Waals surface area contributed by atoms with Crippen LogP contribution in [0.2, 0.25) is 0 Å². The molecule has 1 saturated heterocycles. The summed E-state index contributed by atoms with van der Waals surface area (Å²) in [7, 11) is -4.60. The number of thiol groups is 1. The zero-order chi connectivity index (χ0) is 56.1. The second-order valence-electron chi connectivity index (χ2n) is 20.9. The minimum Gasteiger partial charge on any atom is -0.376 e. The monoisotopic (exact) mass is 1090 g/mol. The molecule has 422 valence electrons. The first-order valence-corrected chi connectivity index (χ1v) is 28.2. The number of ether oxygens (including phenoxy) is 3. The van der Waals surface area contributed by atoms with Crippen LogP contribution in [0.3, 0.4) is 0 Å². The van der Waals surface area contributed by atoms with E-state index in [-0.39, 0.29) is 56.0 Å². The van der Waals surface area contributed by atoms with Crippen LogP contribution >= 0.6 is 20.2 Å². The Morgan fingerprint density at radius 2 is 1.59 bits per heavy atom. The van der Waals surface area contributed by atoms with E-state index in [4.69, 9.17) is 19.9 Å². The Labute approximate surface area is 447 Å². The van der Waals surface area contributed by atoms with Crippen LogP contribution < -0.4 is 31.9 Å². The van der Waals surface area contributed by atoms with Crippen molar-refractivity contribution in [1.82, 2.24) is 36.1 Å². The summed E-state index contributed by atoms with van der Waals surface area (Å²) in [5.74, 6) is -5.11. The number of hydrogen-bond donors (Lipinski definition) is 9. The number of nitrogens with two attached hydrogens (primary N) is 1. The lowest BCUT2D eigenvalue weighted by atomic mass is 10.0. The lowest BCUT2D eigenvalue weighted by molar-refractivity contribution is -0.141. The second-order valence-corrected chi connectivity index (χ2v) is 23.1. The number of unbranched alkanes of at least 4 members (excludes halogenated alkanes) is 1. The number of aromatic nitrogens is 2. The van der Waals surface area contributed by atoms with Gasteiger partial charge in [-0.2, -0.15) is 12.6 Å². The van der Waals surface area contributed by atoms with Crippen molar-refractivity contribution in [2.24, 2.45) is 17.6 Å². The molecule has 0 bridgehead atoms. The van der Waals surface area contributed by atoms with Crippen molar-refractivity contribution < 1.29 is 62.1 Å². The molecule has 1 fully saturated rings. The van der Waals surface area contributed by atoms with Crippen molar-refractivity contribution in [3.8, 4) is 0 Å². The lowest BCUT2D eigenvalue weighted by Crippen LogP contribution is -2.58. The Kier molecular flexibility index (Phi) is 26.4. The first kappa shape index (κ1) is 64.4. The van der Waals surface area contributed by atoms with Gasteiger partial charge < -0.3 is 60.9 Å². The van der Waals surface area contributed by atoms with Gasteiger partial charge in [0.15, 0.2) is 5.82 Å². The van der Waals surface area contributed by atoms with Gasteiger partial charge in [0.05, 0.1) is 61.7 Å². The lowest BCUT2D eigenvalue weighted by Gasteiger charge is -2.31. The molecule has 75 heavy (non-hydrogen) atoms. The number of carbonyl (C=O) groups is 7. The van der Waals surface area contributed by atoms with Gasteiger partial charge in [0.25, 0.3) is 0 Å². The van der Waals surface area contributed by atoms with Gasteiger partial charge in [-0.05, 0) is 103 Å². The third-order valence-electron chi connectivity index (χ3n) is 12.9. The van der Waals surface area contributed by atoms with E-state index < -0.39 is 97.2 Å². The molecule has 1 aromatic heterocycles. The number of aryl methyl sites for hydroxylation is 2. The molecule has 7 amide bonds. The minimum atomic E-state index is -4.60. The molecular weight excluding hydrogens is 1010 g/mol. The average Bonchev–Trinajstić information content (AvgIpc) is 3.95. The number of carbonyl (C=O) groups excluding carboxylic acids is 7. The van der Waals surface area contributed by atoms with E-state index in [0.717, 1.165) is 24.2 Å². The number of hydrogen-bond acceptors (Lipinski definition) is 13. The summed E-state index contributed by atoms with van der Waals surface area (Å²) in [5, 5.41) is 10.7. The summed E-state index contributed by atoms with van der Waals surface area (Å²) in [4.78, 5) is 123. The topological polar surface area (TPSA) is 314 Å². The SMILES string of the molecule is Cc1[nH]cnc1N(C(=O)CNC(=O)C(CC(C)C)NC(=O)C1CC(OCCCCc2ccccc2)CN1C(=O)CCOC(C)(C)CCOC(C)(C)CCNC(=O)CCS)C(C)C(=O)NC(C(N)=O)C(C)CP(=O)(O)O. The van der Waals surface area contributed by atoms with Crippen LogP contribution in [0.25, 0.3) is 0 Å². The number of primary amides is 1. The number of rotatable bonds is 34. The molecule has 24 heteroatoms. The first-order valence-electron chi connectivity index (χ1n) is 25.8. The summed E-state index contributed by atoms with van der Waals surface area (Å²) in [6, 6.07) is 5.08. The fourth-order valence-electron chi connectivity index (χ4n) is 8.56. The maximum absolute atomic E-state index is 14.3. The van der Waals surface area contributed by atoms with Crippen molar-refractivity contribution in [1.29, 1.82) is 0 Å². The highest BCUT2D eigenvalue weighted by Gasteiger charge is 2.42. The van der Waals surface area contributed by atoms with Crippen molar-refractivity contribution in [3.63, 3.8) is 0 Å². The van der Waals surface area contributed by atoms with Crippen molar-refractivity contribution in [3.05, 3.63) is 47.9 Å². The van der Waals surface area contributed by atoms with Gasteiger partial charge in [-0.3, -0.25) is 43.0 Å². The van der Waals surface area contributed by atoms with Gasteiger partial charge in [0.1, 0.15) is 24.2 Å². The number of nitrogens with one attached hydrogen (secondary N) is 5. The molecule has 6 unspecified atom stereocenters. The maximum Gasteiger partial charge on any atom is 0.325 e. The predicted octanol–water partition coefficient (Wildman–Crippen LogP) is 3.08. The second kappa shape index (κ2) is 30.7. The number of anilines is 1. The van der Waals surface area contributed by atoms with Crippen LogP contribution in [-0.2, 0) is 58.8 Å². The van der Waals surface area contributed by atoms with Crippen molar-refractivity contribution in [2.45, 2.75) is 162 Å². The van der Waals surface area contributed by atoms with Crippen LogP contribution in [0.15, 0.2) is 36.7 Å². The Morgan fingerprint density at radius 3 is 2.20 bits per heavy atom. The number of amides is 7. The van der Waals surface area contributed by atoms with E-state index in [1.165, 1.54) is 30.6 Å². The van der Waals surface area contributed by atoms with E-state index in [2.05, 4.69) is 56.0 Å². The molecule has 0 saturated carbocycles. The third-order valence-corrected chi connectivity index (χ3v) is 14.1. The molecular formula is C51H84N9O13PS. The Balaban J connectivity index is 1.72. The number of benzene rings is 1. The normalized spacial score (nSPS) is 16.7. The van der Waals surface area contributed by atoms with Gasteiger partial charge in [0.2, 0.25) is 41.4 Å². The molecule has 3 rings (SSSR count). The van der Waals surface area contributed by atoms with Gasteiger partial charge >= 0.3 is 7.60 Å². The summed E-state index contributed by atoms with van der Waals surface area (Å²) in [5.41, 5.74) is 5.94. The van der Waals surface area contributed by atoms with Crippen LogP contribution in [0.4, 0.5) is 5.82 Å². The highest BCUT2D eigenvalue weighted by Crippen LogP contribution is 2.37. The summed E-state index contributed by atoms with van der Waals surface area (Å²) < 4.78 is 30.3. The maximum atomic E-state index is 14.3. The zero-order valence-electron chi connectivity index (χ0n) is 45.2. The molecule has 0 radical (unpaired) electrons. The Hall–Kier alpha value is -4.90. The first-order chi connectivity index (χ1) is 35.1. The molecule has 2 aromatic rings. The van der Waals surface area contributed by atoms with Crippen LogP contribution in [-0.4, -0.2) is 159 Å². The molecule has 1 aromatic carbocycles. The molecule has 2 heterocycles. The molecule has 6 atom stereocenters. The highest BCUT2D eigenvalue weighted by atomic mass is 32.1. The number of nitrogens with zero attached hydrogens (tertiary/aromatic N) is 3. The summed E-state index contributed by atoms with van der Waals surface area (Å²) in [6.45, 7) is 16.5. The van der Waals surface area contributed by atoms with Crippen molar-refractivity contribution in [2.75, 3.05) is 56.3 Å². The molecule has 0 spiro atoms. The third kappa shape index (κ3) is 23.1. The van der Waals surface area contributed by atoms with Crippen LogP contribution in [0.1, 0.15) is 118 Å². The quantitative estimate of drug-likeness (QED) is 0.0277. The Morgan fingerprint density at radius 1 is 0.920 bits per heavy atom. The average molecular weight is 1090 g/mol. The summed E-state index contributed by atoms with van der Waals surface area (Å²) in [6.07, 6.45) is 4.37. The minimum absolute atomic E-state index is 0.0317. The predicted molar refractivity (Wildman–Crippen MR) is 286 cm³/mol. The fraction of sp³-hybridized carbons (Fsp3) is 0.686. The van der Waals surface area contributed by atoms with E-state index in [0.29, 0.717) is 50.5 Å². The van der Waals surface area contributed by atoms with Gasteiger partial charge in [-0.15, -0.1) is 0 Å². The van der Waals surface area contributed by atoms with E-state index in [1.54, 1.807) is 6.92 Å². The highest BCUT2D eigenvalue weighted by molar-refractivity contribution is 7.80. The smallest absolute Gasteiger partial charge is 0.325 e. The number of aromatic amines is 1. The van der Waals surface area contributed by atoms with Crippen LogP contribution in [0, 0.1) is 18.8 Å². The zero-order valence-corrected chi connectivity index (χ0v) is 47.0. The molecule has 1 aliphatic rings. The molecule has 1 aliphatic heterocycles. The molecule has 9 N–H and O–H groups in total. The van der Waals surface area contributed by atoms with Crippen LogP contribution in [0.5, 0.6) is 0 Å². The largest absolute Gasteiger partial charge is 0.376 e. The van der Waals surface area contributed by atoms with E-state index >= 15 is 0 Å². The number of imidazole rings is 1. The number of likely N-dealkylation sites (tertiary alicyclic amines) is 1. The van der Waals surface area contributed by atoms with Gasteiger partial charge in [-0.25, -0.2) is 4.98 Å². The van der Waals surface area contributed by atoms with E-state index in [1.807, 2.05) is 59.7 Å². The molecule has 0 aliphatic carbocycles. The molecule has 22 nitrogen and oxygen atoms in total. The van der Waals surface area contributed by atoms with E-state index in [9.17, 15) is 47.9 Å². The summed E-state index contributed by atoms with van der Waals surface area (Å²) >= 11 is 4.10. The number of H-pyrrole nitrogens is 1. The van der Waals surface area contributed by atoms with Crippen molar-refractivity contribution >= 4 is 67.4 Å². The fourth-order valence-corrected chi connectivity index (χ4v) is 9.72. The Bertz CT molecular complexity index is 2230. The standard InChI is InChI=1S/C51H84N9O13PS/c1-33(2)27-39(48(66)54-29-43(63)60(46-35(4)55-32-56-46)36(5)47(65)58-44(45(52)64)34(3)31-74(68,69)70)57-49(67)40-28-38(71-23-14-13-17-37-15-11-10-12-16-37)30-59(40)42(62)18-24-72-51(8,9)21-25-73-50(6,7)20-22-53-41(61)19-26-75/h10-12,15-16,32-34,36,38-40,44,75H,13-14,17-31H2,1-9H3,(H2,52,64)(H,53,61)(H,54,66)(H,55,56)(H,57,67)(H,58,65)(H2,68,69,70).